The summed E-state index contributed by atoms with van der Waals surface area (Å²) in [5.41, 5.74) is 4.62. The van der Waals surface area contributed by atoms with E-state index in [0.29, 0.717) is 0 Å². The molecular formula is C12H8BrF3N2O. The van der Waals surface area contributed by atoms with Gasteiger partial charge in [-0.2, -0.15) is 13.2 Å². The van der Waals surface area contributed by atoms with Crippen molar-refractivity contribution >= 4 is 21.6 Å². The third-order valence-corrected chi connectivity index (χ3v) is 2.72. The summed E-state index contributed by atoms with van der Waals surface area (Å²) in [5, 5.41) is 0. The average molecular weight is 333 g/mol. The minimum absolute atomic E-state index is 0.0976. The Labute approximate surface area is 115 Å². The summed E-state index contributed by atoms with van der Waals surface area (Å²) in [6.45, 7) is 0. The fourth-order valence-electron chi connectivity index (χ4n) is 1.35. The Morgan fingerprint density at radius 3 is 2.42 bits per heavy atom. The number of hydrogen-bond donors (Lipinski definition) is 1. The third-order valence-electron chi connectivity index (χ3n) is 2.25. The monoisotopic (exact) mass is 332 g/mol. The molecule has 0 aliphatic heterocycles. The number of nitrogen functional groups attached to an aromatic ring is 1. The number of pyridine rings is 1. The molecule has 19 heavy (non-hydrogen) atoms. The number of nitrogens with two attached hydrogens (primary N) is 1. The smallest absolute Gasteiger partial charge is 0.416 e. The highest BCUT2D eigenvalue weighted by Crippen LogP contribution is 2.35. The largest absolute Gasteiger partial charge is 0.437 e. The number of aromatic nitrogens is 1. The van der Waals surface area contributed by atoms with Crippen molar-refractivity contribution in [3.8, 4) is 11.6 Å². The van der Waals surface area contributed by atoms with Gasteiger partial charge in [0.05, 0.1) is 11.3 Å². The van der Waals surface area contributed by atoms with E-state index in [1.165, 1.54) is 12.3 Å². The Hall–Kier alpha value is -1.76. The maximum absolute atomic E-state index is 12.5. The molecule has 2 aromatic rings. The van der Waals surface area contributed by atoms with Crippen molar-refractivity contribution in [1.29, 1.82) is 0 Å². The van der Waals surface area contributed by atoms with E-state index in [9.17, 15) is 13.2 Å². The van der Waals surface area contributed by atoms with Crippen molar-refractivity contribution in [1.82, 2.24) is 4.98 Å². The van der Waals surface area contributed by atoms with E-state index in [1.54, 1.807) is 12.1 Å². The van der Waals surface area contributed by atoms with Crippen LogP contribution in [-0.4, -0.2) is 4.98 Å². The summed E-state index contributed by atoms with van der Waals surface area (Å²) in [6, 6.07) is 6.17. The molecule has 0 aliphatic rings. The lowest BCUT2D eigenvalue weighted by atomic mass is 10.2. The zero-order valence-corrected chi connectivity index (χ0v) is 11.0. The first-order valence-corrected chi connectivity index (χ1v) is 5.92. The fraction of sp³-hybridized carbons (Fsp3) is 0.0833. The van der Waals surface area contributed by atoms with Gasteiger partial charge in [0.2, 0.25) is 5.88 Å². The van der Waals surface area contributed by atoms with Crippen LogP contribution >= 0.6 is 15.9 Å². The van der Waals surface area contributed by atoms with Crippen LogP contribution in [0.2, 0.25) is 0 Å². The molecule has 2 rings (SSSR count). The first-order valence-electron chi connectivity index (χ1n) is 5.12. The van der Waals surface area contributed by atoms with Crippen molar-refractivity contribution in [2.45, 2.75) is 6.18 Å². The van der Waals surface area contributed by atoms with Gasteiger partial charge in [-0.05, 0) is 40.2 Å². The predicted molar refractivity (Wildman–Crippen MR) is 67.9 cm³/mol. The molecule has 1 aromatic carbocycles. The van der Waals surface area contributed by atoms with Crippen molar-refractivity contribution in [2.75, 3.05) is 5.73 Å². The second-order valence-corrected chi connectivity index (χ2v) is 4.58. The van der Waals surface area contributed by atoms with Crippen LogP contribution in [0.15, 0.2) is 41.0 Å². The van der Waals surface area contributed by atoms with Crippen LogP contribution in [-0.2, 0) is 6.18 Å². The molecule has 0 fully saturated rings. The summed E-state index contributed by atoms with van der Waals surface area (Å²) in [7, 11) is 0. The number of hydrogen-bond acceptors (Lipinski definition) is 3. The lowest BCUT2D eigenvalue weighted by molar-refractivity contribution is -0.137. The van der Waals surface area contributed by atoms with Gasteiger partial charge < -0.3 is 10.5 Å². The molecule has 0 aliphatic carbocycles. The number of benzene rings is 1. The SMILES string of the molecule is Nc1cc(C(F)(F)F)ccc1Oc1ccc(Br)cn1. The number of alkyl halides is 3. The number of anilines is 1. The van der Waals surface area contributed by atoms with E-state index in [0.717, 1.165) is 16.6 Å². The van der Waals surface area contributed by atoms with Crippen molar-refractivity contribution in [2.24, 2.45) is 0 Å². The Morgan fingerprint density at radius 1 is 1.16 bits per heavy atom. The van der Waals surface area contributed by atoms with Crippen molar-refractivity contribution < 1.29 is 17.9 Å². The summed E-state index contributed by atoms with van der Waals surface area (Å²) in [5.74, 6) is 0.373. The molecule has 0 bridgehead atoms. The second-order valence-electron chi connectivity index (χ2n) is 3.67. The zero-order chi connectivity index (χ0) is 14.0. The Morgan fingerprint density at radius 2 is 1.89 bits per heavy atom. The van der Waals surface area contributed by atoms with Gasteiger partial charge in [-0.15, -0.1) is 0 Å². The molecule has 0 radical (unpaired) electrons. The number of ether oxygens (including phenoxy) is 1. The zero-order valence-electron chi connectivity index (χ0n) is 9.41. The average Bonchev–Trinajstić information content (AvgIpc) is 2.33. The molecule has 7 heteroatoms. The van der Waals surface area contributed by atoms with Crippen LogP contribution in [0, 0.1) is 0 Å². The lowest BCUT2D eigenvalue weighted by Gasteiger charge is -2.11. The van der Waals surface area contributed by atoms with E-state index in [4.69, 9.17) is 10.5 Å². The van der Waals surface area contributed by atoms with Crippen LogP contribution in [0.5, 0.6) is 11.6 Å². The summed E-state index contributed by atoms with van der Waals surface area (Å²) in [6.07, 6.45) is -2.92. The molecule has 0 unspecified atom stereocenters. The molecule has 0 saturated heterocycles. The Kier molecular flexibility index (Phi) is 3.66. The van der Waals surface area contributed by atoms with E-state index < -0.39 is 11.7 Å². The molecular weight excluding hydrogens is 325 g/mol. The number of nitrogens with zero attached hydrogens (tertiary/aromatic N) is 1. The topological polar surface area (TPSA) is 48.1 Å². The van der Waals surface area contributed by atoms with Crippen LogP contribution in [0.1, 0.15) is 5.56 Å². The molecule has 100 valence electrons. The van der Waals surface area contributed by atoms with E-state index in [2.05, 4.69) is 20.9 Å². The molecule has 0 atom stereocenters. The molecule has 1 aromatic heterocycles. The second kappa shape index (κ2) is 5.08. The van der Waals surface area contributed by atoms with E-state index >= 15 is 0 Å². The van der Waals surface area contributed by atoms with Crippen LogP contribution in [0.25, 0.3) is 0 Å². The van der Waals surface area contributed by atoms with Gasteiger partial charge in [0.15, 0.2) is 5.75 Å². The maximum Gasteiger partial charge on any atom is 0.416 e. The normalized spacial score (nSPS) is 11.4. The molecule has 0 saturated carbocycles. The van der Waals surface area contributed by atoms with Crippen LogP contribution in [0.3, 0.4) is 0 Å². The van der Waals surface area contributed by atoms with Gasteiger partial charge in [0.25, 0.3) is 0 Å². The van der Waals surface area contributed by atoms with Gasteiger partial charge in [-0.3, -0.25) is 0 Å². The van der Waals surface area contributed by atoms with Gasteiger partial charge in [-0.25, -0.2) is 4.98 Å². The quantitative estimate of drug-likeness (QED) is 0.837. The minimum Gasteiger partial charge on any atom is -0.437 e. The number of halogens is 4. The lowest BCUT2D eigenvalue weighted by Crippen LogP contribution is -2.06. The molecule has 0 amide bonds. The van der Waals surface area contributed by atoms with Gasteiger partial charge in [0, 0.05) is 16.7 Å². The Bertz CT molecular complexity index is 585. The van der Waals surface area contributed by atoms with Gasteiger partial charge in [-0.1, -0.05) is 0 Å². The third kappa shape index (κ3) is 3.37. The highest BCUT2D eigenvalue weighted by Gasteiger charge is 2.30. The standard InChI is InChI=1S/C12H8BrF3N2O/c13-8-2-4-11(18-6-8)19-10-3-1-7(5-9(10)17)12(14,15)16/h1-6H,17H2. The molecule has 2 N–H and O–H groups in total. The van der Waals surface area contributed by atoms with E-state index in [1.807, 2.05) is 0 Å². The van der Waals surface area contributed by atoms with Crippen molar-refractivity contribution in [3.05, 3.63) is 46.6 Å². The van der Waals surface area contributed by atoms with Gasteiger partial charge in [0.1, 0.15) is 0 Å². The van der Waals surface area contributed by atoms with Crippen molar-refractivity contribution in [3.63, 3.8) is 0 Å². The van der Waals surface area contributed by atoms with Gasteiger partial charge >= 0.3 is 6.18 Å². The maximum atomic E-state index is 12.5. The minimum atomic E-state index is -4.43. The van der Waals surface area contributed by atoms with E-state index in [-0.39, 0.29) is 17.3 Å². The molecule has 1 heterocycles. The Balaban J connectivity index is 2.24. The summed E-state index contributed by atoms with van der Waals surface area (Å²) >= 11 is 3.21. The highest BCUT2D eigenvalue weighted by atomic mass is 79.9. The van der Waals surface area contributed by atoms with Crippen LogP contribution in [0.4, 0.5) is 18.9 Å². The first kappa shape index (κ1) is 13.7. The van der Waals surface area contributed by atoms with Crippen LogP contribution < -0.4 is 10.5 Å². The highest BCUT2D eigenvalue weighted by molar-refractivity contribution is 9.10. The first-order chi connectivity index (χ1) is 8.86. The number of rotatable bonds is 2. The fourth-order valence-corrected chi connectivity index (χ4v) is 1.59. The predicted octanol–water partition coefficient (Wildman–Crippen LogP) is 4.24. The molecule has 0 spiro atoms. The molecule has 3 nitrogen and oxygen atoms in total. The summed E-state index contributed by atoms with van der Waals surface area (Å²) in [4.78, 5) is 3.94. The summed E-state index contributed by atoms with van der Waals surface area (Å²) < 4.78 is 43.4.